The fourth-order valence-electron chi connectivity index (χ4n) is 9.16. The van der Waals surface area contributed by atoms with Crippen molar-refractivity contribution < 1.29 is 8.83 Å². The Bertz CT molecular complexity index is 3400. The molecule has 1 unspecified atom stereocenters. The number of allylic oxidation sites excluding steroid dienone is 5. The van der Waals surface area contributed by atoms with Crippen molar-refractivity contribution in [3.63, 3.8) is 0 Å². The van der Waals surface area contributed by atoms with Crippen molar-refractivity contribution in [2.75, 3.05) is 0 Å². The molecule has 12 rings (SSSR count). The first-order valence-electron chi connectivity index (χ1n) is 19.9. The molecule has 2 aliphatic rings. The second kappa shape index (κ2) is 12.8. The van der Waals surface area contributed by atoms with Gasteiger partial charge in [0, 0.05) is 70.4 Å². The molecule has 58 heavy (non-hydrogen) atoms. The topological polar surface area (TPSA) is 65.0 Å². The molecule has 276 valence electrons. The quantitative estimate of drug-likeness (QED) is 0.175. The highest BCUT2D eigenvalue weighted by Crippen LogP contribution is 2.47. The van der Waals surface area contributed by atoms with E-state index in [9.17, 15) is 0 Å². The molecular formula is C52H35N3O2S. The van der Waals surface area contributed by atoms with E-state index in [0.29, 0.717) is 17.5 Å². The Morgan fingerprint density at radius 3 is 2.03 bits per heavy atom. The Morgan fingerprint density at radius 1 is 0.552 bits per heavy atom. The summed E-state index contributed by atoms with van der Waals surface area (Å²) in [6.07, 6.45) is 14.3. The van der Waals surface area contributed by atoms with Crippen LogP contribution in [0.4, 0.5) is 0 Å². The molecule has 0 amide bonds. The number of thiophene rings is 1. The Hall–Kier alpha value is -6.89. The highest BCUT2D eigenvalue weighted by atomic mass is 32.1. The summed E-state index contributed by atoms with van der Waals surface area (Å²) in [5.74, 6) is 2.76. The fourth-order valence-corrected chi connectivity index (χ4v) is 10.3. The highest BCUT2D eigenvalue weighted by molar-refractivity contribution is 7.25. The summed E-state index contributed by atoms with van der Waals surface area (Å²) < 4.78 is 15.7. The Balaban J connectivity index is 1.03. The molecule has 1 atom stereocenters. The lowest BCUT2D eigenvalue weighted by Gasteiger charge is -2.30. The van der Waals surface area contributed by atoms with Crippen LogP contribution in [0.25, 0.3) is 98.9 Å². The molecule has 6 aromatic carbocycles. The van der Waals surface area contributed by atoms with E-state index in [1.807, 2.05) is 47.7 Å². The third-order valence-electron chi connectivity index (χ3n) is 12.0. The van der Waals surface area contributed by atoms with Crippen LogP contribution in [0.1, 0.15) is 42.2 Å². The predicted octanol–water partition coefficient (Wildman–Crippen LogP) is 14.1. The van der Waals surface area contributed by atoms with Gasteiger partial charge in [0.15, 0.2) is 17.5 Å². The highest BCUT2D eigenvalue weighted by Gasteiger charge is 2.34. The van der Waals surface area contributed by atoms with Crippen LogP contribution < -0.4 is 0 Å². The van der Waals surface area contributed by atoms with Gasteiger partial charge in [-0.05, 0) is 59.9 Å². The zero-order valence-electron chi connectivity index (χ0n) is 31.7. The number of rotatable bonds is 5. The minimum Gasteiger partial charge on any atom is -0.460 e. The van der Waals surface area contributed by atoms with Crippen LogP contribution in [0.5, 0.6) is 0 Å². The molecule has 2 aliphatic carbocycles. The van der Waals surface area contributed by atoms with Crippen molar-refractivity contribution in [3.05, 3.63) is 174 Å². The van der Waals surface area contributed by atoms with E-state index in [4.69, 9.17) is 23.8 Å². The average Bonchev–Trinajstić information content (AvgIpc) is 3.97. The summed E-state index contributed by atoms with van der Waals surface area (Å²) in [6.45, 7) is 2.33. The summed E-state index contributed by atoms with van der Waals surface area (Å²) in [6, 6.07) is 44.5. The standard InChI is InChI=1S/C52H35N3O2S/c1-52(39-18-11-23-45-48(39)36-15-6-8-22-44(36)58-45)29-28-35-43(30-52)57-42-21-10-17-38(47(35)42)51-54-49(33-26-24-32(25-27-33)31-12-3-2-4-13-31)53-50(55-51)37-16-9-20-41-46(37)34-14-5-7-19-40(34)56-41/h3,5-29H,2,4,30H2,1H3. The van der Waals surface area contributed by atoms with Gasteiger partial charge in [-0.15, -0.1) is 11.3 Å². The van der Waals surface area contributed by atoms with Gasteiger partial charge in [-0.3, -0.25) is 0 Å². The SMILES string of the molecule is CC1(c2cccc3sc4ccccc4c23)C=Cc2c(oc3cccc(-c4nc(-c5ccc(C6=CCCC=C6)cc5)nc(-c5cccc6oc7ccccc7c56)n4)c23)C1. The van der Waals surface area contributed by atoms with Crippen LogP contribution in [0, 0.1) is 0 Å². The Kier molecular flexibility index (Phi) is 7.35. The van der Waals surface area contributed by atoms with Gasteiger partial charge in [0.2, 0.25) is 0 Å². The minimum atomic E-state index is -0.264. The van der Waals surface area contributed by atoms with Crippen molar-refractivity contribution in [2.45, 2.75) is 31.6 Å². The van der Waals surface area contributed by atoms with Gasteiger partial charge in [-0.25, -0.2) is 15.0 Å². The van der Waals surface area contributed by atoms with Crippen molar-refractivity contribution in [1.29, 1.82) is 0 Å². The second-order valence-corrected chi connectivity index (χ2v) is 16.7. The molecule has 0 radical (unpaired) electrons. The normalized spacial score (nSPS) is 16.5. The van der Waals surface area contributed by atoms with Crippen LogP contribution >= 0.6 is 11.3 Å². The summed E-state index contributed by atoms with van der Waals surface area (Å²) in [5.41, 5.74) is 9.73. The molecule has 0 aliphatic heterocycles. The van der Waals surface area contributed by atoms with Crippen LogP contribution in [0.2, 0.25) is 0 Å². The zero-order chi connectivity index (χ0) is 38.4. The number of hydrogen-bond acceptors (Lipinski definition) is 6. The van der Waals surface area contributed by atoms with Crippen molar-refractivity contribution in [1.82, 2.24) is 15.0 Å². The summed E-state index contributed by atoms with van der Waals surface area (Å²) in [4.78, 5) is 15.7. The molecule has 10 aromatic rings. The van der Waals surface area contributed by atoms with Crippen molar-refractivity contribution in [2.24, 2.45) is 0 Å². The molecule has 0 N–H and O–H groups in total. The smallest absolute Gasteiger partial charge is 0.164 e. The summed E-state index contributed by atoms with van der Waals surface area (Å²) in [7, 11) is 0. The number of benzene rings is 6. The number of para-hydroxylation sites is 1. The lowest BCUT2D eigenvalue weighted by Crippen LogP contribution is -2.24. The van der Waals surface area contributed by atoms with E-state index < -0.39 is 0 Å². The first-order valence-corrected chi connectivity index (χ1v) is 20.7. The van der Waals surface area contributed by atoms with Gasteiger partial charge < -0.3 is 8.83 Å². The second-order valence-electron chi connectivity index (χ2n) is 15.6. The number of furan rings is 2. The van der Waals surface area contributed by atoms with Crippen LogP contribution in [-0.2, 0) is 11.8 Å². The van der Waals surface area contributed by atoms with Crippen molar-refractivity contribution >= 4 is 76.1 Å². The number of fused-ring (bicyclic) bond motifs is 9. The number of hydrogen-bond donors (Lipinski definition) is 0. The molecule has 0 bridgehead atoms. The molecule has 0 saturated heterocycles. The fraction of sp³-hybridized carbons (Fsp3) is 0.0962. The lowest BCUT2D eigenvalue weighted by molar-refractivity contribution is 0.477. The van der Waals surface area contributed by atoms with E-state index in [1.165, 1.54) is 36.9 Å². The third-order valence-corrected chi connectivity index (χ3v) is 13.1. The van der Waals surface area contributed by atoms with E-state index >= 15 is 0 Å². The van der Waals surface area contributed by atoms with E-state index in [-0.39, 0.29) is 5.41 Å². The minimum absolute atomic E-state index is 0.264. The van der Waals surface area contributed by atoms with E-state index in [2.05, 4.69) is 128 Å². The van der Waals surface area contributed by atoms with Gasteiger partial charge in [-0.2, -0.15) is 0 Å². The molecule has 5 nitrogen and oxygen atoms in total. The summed E-state index contributed by atoms with van der Waals surface area (Å²) in [5, 5.41) is 5.67. The van der Waals surface area contributed by atoms with Gasteiger partial charge in [0.1, 0.15) is 22.5 Å². The zero-order valence-corrected chi connectivity index (χ0v) is 32.5. The monoisotopic (exact) mass is 765 g/mol. The molecule has 4 heterocycles. The Morgan fingerprint density at radius 2 is 1.22 bits per heavy atom. The largest absolute Gasteiger partial charge is 0.460 e. The van der Waals surface area contributed by atoms with Crippen LogP contribution in [0.15, 0.2) is 161 Å². The first kappa shape index (κ1) is 33.3. The van der Waals surface area contributed by atoms with E-state index in [1.54, 1.807) is 0 Å². The van der Waals surface area contributed by atoms with Crippen LogP contribution in [0.3, 0.4) is 0 Å². The molecule has 4 aromatic heterocycles. The third kappa shape index (κ3) is 5.18. The summed E-state index contributed by atoms with van der Waals surface area (Å²) >= 11 is 1.86. The van der Waals surface area contributed by atoms with Gasteiger partial charge >= 0.3 is 0 Å². The number of nitrogens with zero attached hydrogens (tertiary/aromatic N) is 3. The Labute approximate surface area is 338 Å². The first-order chi connectivity index (χ1) is 28.6. The maximum Gasteiger partial charge on any atom is 0.164 e. The molecular weight excluding hydrogens is 731 g/mol. The molecule has 0 spiro atoms. The molecule has 0 fully saturated rings. The lowest BCUT2D eigenvalue weighted by atomic mass is 9.73. The predicted molar refractivity (Wildman–Crippen MR) is 239 cm³/mol. The number of aromatic nitrogens is 3. The average molecular weight is 766 g/mol. The van der Waals surface area contributed by atoms with E-state index in [0.717, 1.165) is 80.2 Å². The maximum atomic E-state index is 6.80. The molecule has 6 heteroatoms. The van der Waals surface area contributed by atoms with Gasteiger partial charge in [0.25, 0.3) is 0 Å². The van der Waals surface area contributed by atoms with Gasteiger partial charge in [0.05, 0.1) is 0 Å². The van der Waals surface area contributed by atoms with Crippen molar-refractivity contribution in [3.8, 4) is 34.2 Å². The molecule has 0 saturated carbocycles. The van der Waals surface area contributed by atoms with Crippen LogP contribution in [-0.4, -0.2) is 15.0 Å². The maximum absolute atomic E-state index is 6.80. The van der Waals surface area contributed by atoms with Gasteiger partial charge in [-0.1, -0.05) is 134 Å².